The van der Waals surface area contributed by atoms with Gasteiger partial charge in [0.2, 0.25) is 5.89 Å². The predicted octanol–water partition coefficient (Wildman–Crippen LogP) is 3.25. The Bertz CT molecular complexity index is 891. The van der Waals surface area contributed by atoms with Crippen molar-refractivity contribution in [1.29, 1.82) is 0 Å². The predicted molar refractivity (Wildman–Crippen MR) is 100.0 cm³/mol. The molecule has 0 saturated heterocycles. The van der Waals surface area contributed by atoms with Crippen LogP contribution in [0.3, 0.4) is 0 Å². The third kappa shape index (κ3) is 4.82. The molecule has 0 aliphatic heterocycles. The Balaban J connectivity index is 1.74. The van der Waals surface area contributed by atoms with Crippen molar-refractivity contribution in [1.82, 2.24) is 10.3 Å². The molecule has 0 bridgehead atoms. The monoisotopic (exact) mass is 364 g/mol. The van der Waals surface area contributed by atoms with E-state index in [0.717, 1.165) is 11.1 Å². The van der Waals surface area contributed by atoms with Gasteiger partial charge in [0.25, 0.3) is 5.91 Å². The van der Waals surface area contributed by atoms with Crippen LogP contribution in [-0.4, -0.2) is 29.5 Å². The maximum Gasteiger partial charge on any atom is 0.328 e. The van der Waals surface area contributed by atoms with Gasteiger partial charge in [0.1, 0.15) is 12.3 Å². The van der Waals surface area contributed by atoms with Crippen molar-refractivity contribution in [3.8, 4) is 11.5 Å². The minimum Gasteiger partial charge on any atom is -0.464 e. The number of rotatable bonds is 7. The Labute approximate surface area is 157 Å². The first kappa shape index (κ1) is 18.4. The fourth-order valence-electron chi connectivity index (χ4n) is 2.61. The Morgan fingerprint density at radius 1 is 1.07 bits per heavy atom. The molecule has 1 amide bonds. The third-order valence-electron chi connectivity index (χ3n) is 3.92. The summed E-state index contributed by atoms with van der Waals surface area (Å²) in [6, 6.07) is 17.9. The Kier molecular flexibility index (Phi) is 5.99. The van der Waals surface area contributed by atoms with E-state index in [9.17, 15) is 9.59 Å². The van der Waals surface area contributed by atoms with Crippen molar-refractivity contribution >= 4 is 11.9 Å². The first-order valence-corrected chi connectivity index (χ1v) is 8.69. The van der Waals surface area contributed by atoms with Gasteiger partial charge in [-0.05, 0) is 24.6 Å². The number of benzene rings is 2. The zero-order valence-corrected chi connectivity index (χ0v) is 14.9. The molecule has 1 aromatic heterocycles. The maximum absolute atomic E-state index is 12.6. The van der Waals surface area contributed by atoms with Crippen molar-refractivity contribution in [2.75, 3.05) is 6.61 Å². The molecule has 1 heterocycles. The zero-order valence-electron chi connectivity index (χ0n) is 14.9. The standard InChI is InChI=1S/C21H20N2O4/c1-2-26-21(25)17(13-15-9-5-3-6-10-15)22-19(24)18-14-27-20(23-18)16-11-7-4-8-12-16/h3-12,14,17H,2,13H2,1H3,(H,22,24)/t17-/m0/s1. The average molecular weight is 364 g/mol. The van der Waals surface area contributed by atoms with Crippen molar-refractivity contribution in [2.24, 2.45) is 0 Å². The molecule has 2 aromatic carbocycles. The molecule has 0 aliphatic rings. The largest absolute Gasteiger partial charge is 0.464 e. The van der Waals surface area contributed by atoms with Crippen LogP contribution in [0.4, 0.5) is 0 Å². The van der Waals surface area contributed by atoms with E-state index in [1.54, 1.807) is 6.92 Å². The zero-order chi connectivity index (χ0) is 19.1. The summed E-state index contributed by atoms with van der Waals surface area (Å²) in [4.78, 5) is 29.0. The molecule has 1 N–H and O–H groups in total. The smallest absolute Gasteiger partial charge is 0.328 e. The Morgan fingerprint density at radius 2 is 1.74 bits per heavy atom. The summed E-state index contributed by atoms with van der Waals surface area (Å²) < 4.78 is 10.5. The number of aromatic nitrogens is 1. The number of hydrogen-bond acceptors (Lipinski definition) is 5. The molecule has 0 unspecified atom stereocenters. The van der Waals surface area contributed by atoms with Gasteiger partial charge in [0.15, 0.2) is 5.69 Å². The molecule has 3 rings (SSSR count). The van der Waals surface area contributed by atoms with E-state index in [1.807, 2.05) is 60.7 Å². The molecule has 27 heavy (non-hydrogen) atoms. The molecule has 0 spiro atoms. The van der Waals surface area contributed by atoms with Gasteiger partial charge < -0.3 is 14.5 Å². The van der Waals surface area contributed by atoms with Crippen molar-refractivity contribution in [2.45, 2.75) is 19.4 Å². The lowest BCUT2D eigenvalue weighted by atomic mass is 10.1. The highest BCUT2D eigenvalue weighted by atomic mass is 16.5. The van der Waals surface area contributed by atoms with E-state index in [4.69, 9.17) is 9.15 Å². The van der Waals surface area contributed by atoms with Gasteiger partial charge in [-0.25, -0.2) is 9.78 Å². The second kappa shape index (κ2) is 8.80. The molecule has 1 atom stereocenters. The minimum absolute atomic E-state index is 0.108. The number of hydrogen-bond donors (Lipinski definition) is 1. The lowest BCUT2D eigenvalue weighted by molar-refractivity contribution is -0.145. The Hall–Kier alpha value is -3.41. The van der Waals surface area contributed by atoms with Gasteiger partial charge in [-0.15, -0.1) is 0 Å². The summed E-state index contributed by atoms with van der Waals surface area (Å²) in [7, 11) is 0. The first-order chi connectivity index (χ1) is 13.2. The number of nitrogens with zero attached hydrogens (tertiary/aromatic N) is 1. The second-order valence-electron chi connectivity index (χ2n) is 5.87. The molecule has 0 radical (unpaired) electrons. The lowest BCUT2D eigenvalue weighted by Gasteiger charge is -2.16. The quantitative estimate of drug-likeness (QED) is 0.651. The summed E-state index contributed by atoms with van der Waals surface area (Å²) in [6.45, 7) is 1.96. The van der Waals surface area contributed by atoms with E-state index >= 15 is 0 Å². The topological polar surface area (TPSA) is 81.4 Å². The summed E-state index contributed by atoms with van der Waals surface area (Å²) in [6.07, 6.45) is 1.61. The van der Waals surface area contributed by atoms with Crippen LogP contribution in [0.15, 0.2) is 71.3 Å². The fourth-order valence-corrected chi connectivity index (χ4v) is 2.61. The molecular weight excluding hydrogens is 344 g/mol. The van der Waals surface area contributed by atoms with E-state index < -0.39 is 17.9 Å². The van der Waals surface area contributed by atoms with Crippen LogP contribution in [-0.2, 0) is 16.0 Å². The fraction of sp³-hybridized carbons (Fsp3) is 0.190. The van der Waals surface area contributed by atoms with Gasteiger partial charge in [0.05, 0.1) is 6.61 Å². The van der Waals surface area contributed by atoms with E-state index in [0.29, 0.717) is 12.3 Å². The SMILES string of the molecule is CCOC(=O)[C@H](Cc1ccccc1)NC(=O)c1coc(-c2ccccc2)n1. The van der Waals surface area contributed by atoms with E-state index in [-0.39, 0.29) is 12.3 Å². The van der Waals surface area contributed by atoms with Gasteiger partial charge in [-0.1, -0.05) is 48.5 Å². The van der Waals surface area contributed by atoms with E-state index in [1.165, 1.54) is 6.26 Å². The van der Waals surface area contributed by atoms with Gasteiger partial charge >= 0.3 is 5.97 Å². The second-order valence-corrected chi connectivity index (χ2v) is 5.87. The average Bonchev–Trinajstić information content (AvgIpc) is 3.19. The van der Waals surface area contributed by atoms with Crippen LogP contribution in [0, 0.1) is 0 Å². The number of oxazole rings is 1. The number of nitrogens with one attached hydrogen (secondary N) is 1. The van der Waals surface area contributed by atoms with Crippen LogP contribution in [0.1, 0.15) is 23.0 Å². The normalized spacial score (nSPS) is 11.6. The van der Waals surface area contributed by atoms with Crippen molar-refractivity contribution in [3.05, 3.63) is 78.2 Å². The lowest BCUT2D eigenvalue weighted by Crippen LogP contribution is -2.43. The first-order valence-electron chi connectivity index (χ1n) is 8.69. The van der Waals surface area contributed by atoms with Gasteiger partial charge in [-0.2, -0.15) is 0 Å². The molecule has 0 fully saturated rings. The van der Waals surface area contributed by atoms with Gasteiger partial charge in [0, 0.05) is 12.0 Å². The van der Waals surface area contributed by atoms with Crippen LogP contribution >= 0.6 is 0 Å². The molecule has 6 heteroatoms. The van der Waals surface area contributed by atoms with Crippen LogP contribution in [0.5, 0.6) is 0 Å². The number of esters is 1. The van der Waals surface area contributed by atoms with Crippen LogP contribution in [0.2, 0.25) is 0 Å². The molecule has 3 aromatic rings. The summed E-state index contributed by atoms with van der Waals surface area (Å²) in [5.41, 5.74) is 1.79. The van der Waals surface area contributed by atoms with Crippen LogP contribution < -0.4 is 5.32 Å². The number of ether oxygens (including phenoxy) is 1. The molecular formula is C21H20N2O4. The third-order valence-corrected chi connectivity index (χ3v) is 3.92. The molecule has 6 nitrogen and oxygen atoms in total. The minimum atomic E-state index is -0.809. The highest BCUT2D eigenvalue weighted by Gasteiger charge is 2.24. The van der Waals surface area contributed by atoms with E-state index in [2.05, 4.69) is 10.3 Å². The highest BCUT2D eigenvalue weighted by molar-refractivity contribution is 5.95. The Morgan fingerprint density at radius 3 is 2.41 bits per heavy atom. The highest BCUT2D eigenvalue weighted by Crippen LogP contribution is 2.18. The molecule has 0 saturated carbocycles. The summed E-state index contributed by atoms with van der Waals surface area (Å²) in [5, 5.41) is 2.70. The van der Waals surface area contributed by atoms with Gasteiger partial charge in [-0.3, -0.25) is 4.79 Å². The summed E-state index contributed by atoms with van der Waals surface area (Å²) >= 11 is 0. The van der Waals surface area contributed by atoms with Crippen LogP contribution in [0.25, 0.3) is 11.5 Å². The maximum atomic E-state index is 12.6. The molecule has 138 valence electrons. The number of carbonyl (C=O) groups excluding carboxylic acids is 2. The number of carbonyl (C=O) groups is 2. The number of amides is 1. The molecule has 0 aliphatic carbocycles. The van der Waals surface area contributed by atoms with Crippen molar-refractivity contribution in [3.63, 3.8) is 0 Å². The summed E-state index contributed by atoms with van der Waals surface area (Å²) in [5.74, 6) is -0.632. The van der Waals surface area contributed by atoms with Crippen molar-refractivity contribution < 1.29 is 18.7 Å².